The first kappa shape index (κ1) is 30.7. The number of rotatable bonds is 4. The molecule has 0 spiro atoms. The Hall–Kier alpha value is -5.32. The van der Waals surface area contributed by atoms with Crippen LogP contribution in [-0.4, -0.2) is 28.3 Å². The maximum atomic E-state index is 12.2. The fourth-order valence-electron chi connectivity index (χ4n) is 7.32. The van der Waals surface area contributed by atoms with Crippen molar-refractivity contribution >= 4 is 53.6 Å². The number of hydrogen-bond donors (Lipinski definition) is 0. The Morgan fingerprint density at radius 2 is 0.820 bits per heavy atom. The molecule has 0 unspecified atom stereocenters. The van der Waals surface area contributed by atoms with Crippen LogP contribution in [0.5, 0.6) is 11.5 Å². The molecule has 8 nitrogen and oxygen atoms in total. The predicted molar refractivity (Wildman–Crippen MR) is 195 cm³/mol. The van der Waals surface area contributed by atoms with E-state index in [1.54, 1.807) is 0 Å². The molecule has 2 heterocycles. The lowest BCUT2D eigenvalue weighted by Gasteiger charge is -2.19. The number of benzene rings is 6. The highest BCUT2D eigenvalue weighted by molar-refractivity contribution is 7.86. The number of nitrogens with zero attached hydrogens (tertiary/aromatic N) is 2. The van der Waals surface area contributed by atoms with Crippen molar-refractivity contribution in [3.63, 3.8) is 0 Å². The molecule has 0 radical (unpaired) electrons. The summed E-state index contributed by atoms with van der Waals surface area (Å²) in [6.07, 6.45) is 1.81. The first-order chi connectivity index (χ1) is 24.2. The summed E-state index contributed by atoms with van der Waals surface area (Å²) in [7, 11) is -7.92. The Bertz CT molecular complexity index is 2420. The smallest absolute Gasteiger partial charge is 0.364 e. The van der Waals surface area contributed by atoms with E-state index in [1.165, 1.54) is 11.1 Å². The maximum absolute atomic E-state index is 12.2. The number of fused-ring (bicyclic) bond motifs is 6. The zero-order valence-electron chi connectivity index (χ0n) is 26.6. The van der Waals surface area contributed by atoms with Gasteiger partial charge in [0.15, 0.2) is 11.5 Å². The molecule has 0 bridgehead atoms. The monoisotopic (exact) mass is 698 g/mol. The molecule has 0 amide bonds. The molecule has 2 aliphatic carbocycles. The van der Waals surface area contributed by atoms with Gasteiger partial charge in [-0.05, 0) is 58.7 Å². The van der Waals surface area contributed by atoms with E-state index in [0.717, 1.165) is 45.5 Å². The van der Waals surface area contributed by atoms with Crippen molar-refractivity contribution in [1.29, 1.82) is 0 Å². The average molecular weight is 699 g/mol. The van der Waals surface area contributed by atoms with Gasteiger partial charge >= 0.3 is 20.6 Å². The van der Waals surface area contributed by atoms with Crippen LogP contribution in [0.4, 0.5) is 0 Å². The first-order valence-corrected chi connectivity index (χ1v) is 19.2. The second-order valence-electron chi connectivity index (χ2n) is 13.0. The van der Waals surface area contributed by atoms with Crippen molar-refractivity contribution in [3.8, 4) is 11.5 Å². The molecule has 10 heteroatoms. The van der Waals surface area contributed by atoms with Crippen molar-refractivity contribution in [2.45, 2.75) is 24.7 Å². The molecule has 6 aromatic rings. The van der Waals surface area contributed by atoms with Gasteiger partial charge in [0.1, 0.15) is 0 Å². The lowest BCUT2D eigenvalue weighted by molar-refractivity contribution is 0.485. The molecule has 4 atom stereocenters. The van der Waals surface area contributed by atoms with Gasteiger partial charge in [0.2, 0.25) is 0 Å². The van der Waals surface area contributed by atoms with Crippen LogP contribution < -0.4 is 8.37 Å². The van der Waals surface area contributed by atoms with Crippen LogP contribution in [0.1, 0.15) is 46.9 Å². The maximum Gasteiger partial charge on any atom is 0.428 e. The van der Waals surface area contributed by atoms with Crippen molar-refractivity contribution in [3.05, 3.63) is 156 Å². The summed E-state index contributed by atoms with van der Waals surface area (Å²) in [6.45, 7) is 0. The van der Waals surface area contributed by atoms with Crippen molar-refractivity contribution in [2.24, 2.45) is 20.6 Å². The van der Waals surface area contributed by atoms with Gasteiger partial charge in [0.05, 0.1) is 11.4 Å². The van der Waals surface area contributed by atoms with Crippen LogP contribution in [0.2, 0.25) is 0 Å². The zero-order valence-corrected chi connectivity index (χ0v) is 28.2. The molecule has 0 aromatic heterocycles. The van der Waals surface area contributed by atoms with E-state index in [4.69, 9.17) is 8.37 Å². The molecule has 6 aromatic carbocycles. The largest absolute Gasteiger partial charge is 0.428 e. The molecule has 2 aliphatic heterocycles. The van der Waals surface area contributed by atoms with Gasteiger partial charge in [0.25, 0.3) is 0 Å². The van der Waals surface area contributed by atoms with E-state index < -0.39 is 20.6 Å². The van der Waals surface area contributed by atoms with E-state index in [-0.39, 0.29) is 11.8 Å². The van der Waals surface area contributed by atoms with Gasteiger partial charge in [-0.1, -0.05) is 121 Å². The van der Waals surface area contributed by atoms with Crippen molar-refractivity contribution in [2.75, 3.05) is 0 Å². The molecule has 248 valence electrons. The van der Waals surface area contributed by atoms with Gasteiger partial charge in [-0.2, -0.15) is 16.8 Å². The van der Waals surface area contributed by atoms with Gasteiger partial charge < -0.3 is 8.37 Å². The Labute approximate surface area is 290 Å². The van der Waals surface area contributed by atoms with Crippen LogP contribution in [0.25, 0.3) is 21.5 Å². The summed E-state index contributed by atoms with van der Waals surface area (Å²) in [5.74, 6) is 1.66. The Balaban J connectivity index is 0.000000135. The third-order valence-electron chi connectivity index (χ3n) is 9.85. The Morgan fingerprint density at radius 1 is 0.440 bits per heavy atom. The van der Waals surface area contributed by atoms with Crippen molar-refractivity contribution in [1.82, 2.24) is 0 Å². The minimum absolute atomic E-state index is 0.112. The second kappa shape index (κ2) is 11.6. The van der Waals surface area contributed by atoms with Gasteiger partial charge in [-0.15, -0.1) is 8.80 Å². The fraction of sp³-hybridized carbons (Fsp3) is 0.150. The highest BCUT2D eigenvalue weighted by atomic mass is 32.2. The predicted octanol–water partition coefficient (Wildman–Crippen LogP) is 8.14. The molecule has 0 N–H and O–H groups in total. The van der Waals surface area contributed by atoms with Crippen LogP contribution in [-0.2, 0) is 20.6 Å². The molecule has 2 saturated carbocycles. The van der Waals surface area contributed by atoms with Crippen LogP contribution in [0.3, 0.4) is 0 Å². The highest BCUT2D eigenvalue weighted by Gasteiger charge is 2.47. The average Bonchev–Trinajstić information content (AvgIpc) is 4.07. The summed E-state index contributed by atoms with van der Waals surface area (Å²) >= 11 is 0. The fourth-order valence-corrected chi connectivity index (χ4v) is 9.13. The molecular weight excluding hydrogens is 669 g/mol. The standard InChI is InChI=1S/2C20H15NO3S/c2*22-25(23)21-19(18-12-17(18)13-6-2-1-3-7-13)16-11-10-14-8-4-5-9-15(14)20(16)24-25/h2*1-11,17-18H,12H2/t2*17-,18+/m10/s1. The van der Waals surface area contributed by atoms with Crippen LogP contribution in [0.15, 0.2) is 142 Å². The van der Waals surface area contributed by atoms with Gasteiger partial charge in [-0.25, -0.2) is 0 Å². The van der Waals surface area contributed by atoms with E-state index in [2.05, 4.69) is 33.1 Å². The SMILES string of the molecule is O=S1(=O)N=C([C@@H]2C[C@H]2c2ccccc2)c2ccc3ccccc3c2O1.O=S1(=O)N=C([C@H]2C[C@@H]2c2ccccc2)c2ccc3ccccc3c2O1. The third kappa shape index (κ3) is 5.64. The molecule has 10 rings (SSSR count). The quantitative estimate of drug-likeness (QED) is 0.184. The Morgan fingerprint density at radius 3 is 1.24 bits per heavy atom. The van der Waals surface area contributed by atoms with Gasteiger partial charge in [-0.3, -0.25) is 0 Å². The Kier molecular flexibility index (Phi) is 7.15. The topological polar surface area (TPSA) is 111 Å². The summed E-state index contributed by atoms with van der Waals surface area (Å²) in [6, 6.07) is 43.4. The normalized spacial score (nSPS) is 23.4. The van der Waals surface area contributed by atoms with Crippen LogP contribution >= 0.6 is 0 Å². The summed E-state index contributed by atoms with van der Waals surface area (Å²) < 4.78 is 67.4. The van der Waals surface area contributed by atoms with E-state index in [0.29, 0.717) is 34.8 Å². The third-order valence-corrected chi connectivity index (χ3v) is 11.4. The molecular formula is C40H30N2O6S2. The second-order valence-corrected chi connectivity index (χ2v) is 15.4. The van der Waals surface area contributed by atoms with Gasteiger partial charge in [0, 0.05) is 33.7 Å². The van der Waals surface area contributed by atoms with Crippen LogP contribution in [0, 0.1) is 11.8 Å². The number of hydrogen-bond acceptors (Lipinski definition) is 6. The lowest BCUT2D eigenvalue weighted by Crippen LogP contribution is -2.20. The van der Waals surface area contributed by atoms with Crippen molar-refractivity contribution < 1.29 is 25.2 Å². The molecule has 50 heavy (non-hydrogen) atoms. The molecule has 0 saturated heterocycles. The summed E-state index contributed by atoms with van der Waals surface area (Å²) in [5, 5.41) is 3.50. The molecule has 2 fully saturated rings. The van der Waals surface area contributed by atoms with E-state index in [9.17, 15) is 16.8 Å². The summed E-state index contributed by atoms with van der Waals surface area (Å²) in [5.41, 5.74) is 5.28. The van der Waals surface area contributed by atoms with E-state index >= 15 is 0 Å². The zero-order chi connectivity index (χ0) is 34.0. The minimum Gasteiger partial charge on any atom is -0.364 e. The van der Waals surface area contributed by atoms with E-state index in [1.807, 2.05) is 109 Å². The first-order valence-electron chi connectivity index (χ1n) is 16.5. The molecule has 4 aliphatic rings. The lowest BCUT2D eigenvalue weighted by atomic mass is 9.98. The highest BCUT2D eigenvalue weighted by Crippen LogP contribution is 2.53. The minimum atomic E-state index is -3.96. The summed E-state index contributed by atoms with van der Waals surface area (Å²) in [4.78, 5) is 0.